The molecule has 0 aliphatic carbocycles. The van der Waals surface area contributed by atoms with E-state index in [1.807, 2.05) is 38.1 Å². The Morgan fingerprint density at radius 1 is 1.23 bits per heavy atom. The van der Waals surface area contributed by atoms with E-state index >= 15 is 0 Å². The van der Waals surface area contributed by atoms with E-state index in [1.54, 1.807) is 11.3 Å². The molecule has 0 saturated carbocycles. The number of rotatable bonds is 1. The second-order valence-corrected chi connectivity index (χ2v) is 4.51. The molecule has 0 N–H and O–H groups in total. The Kier molecular flexibility index (Phi) is 2.08. The normalized spacial score (nSPS) is 11.4. The summed E-state index contributed by atoms with van der Waals surface area (Å²) in [5.41, 5.74) is 0. The summed E-state index contributed by atoms with van der Waals surface area (Å²) < 4.78 is 14.7. The first-order chi connectivity index (χ1) is 6.20. The summed E-state index contributed by atoms with van der Waals surface area (Å²) in [5, 5.41) is 0.760. The smallest absolute Gasteiger partial charge is 0.145 e. The van der Waals surface area contributed by atoms with Gasteiger partial charge in [0.05, 0.1) is 0 Å². The Morgan fingerprint density at radius 3 is 2.54 bits per heavy atom. The van der Waals surface area contributed by atoms with Crippen molar-refractivity contribution in [3.8, 4) is 0 Å². The van der Waals surface area contributed by atoms with Crippen LogP contribution in [0.5, 0.6) is 0 Å². The first kappa shape index (κ1) is 8.70. The maximum absolute atomic E-state index is 13.7. The molecule has 0 bridgehead atoms. The van der Waals surface area contributed by atoms with Crippen LogP contribution in [-0.2, 0) is 0 Å². The van der Waals surface area contributed by atoms with Crippen molar-refractivity contribution < 1.29 is 4.39 Å². The maximum atomic E-state index is 13.7. The lowest BCUT2D eigenvalue weighted by atomic mass is 10.1. The Bertz CT molecular complexity index is 429. The van der Waals surface area contributed by atoms with E-state index in [9.17, 15) is 4.39 Å². The van der Waals surface area contributed by atoms with Crippen molar-refractivity contribution in [3.05, 3.63) is 35.0 Å². The zero-order valence-corrected chi connectivity index (χ0v) is 8.49. The Balaban J connectivity index is 2.74. The van der Waals surface area contributed by atoms with Crippen LogP contribution in [0.25, 0.3) is 10.1 Å². The number of halogens is 1. The fourth-order valence-corrected chi connectivity index (χ4v) is 2.49. The van der Waals surface area contributed by atoms with Gasteiger partial charge in [0.1, 0.15) is 5.82 Å². The molecular weight excluding hydrogens is 183 g/mol. The predicted molar refractivity (Wildman–Crippen MR) is 55.9 cm³/mol. The predicted octanol–water partition coefficient (Wildman–Crippen LogP) is 4.16. The third-order valence-electron chi connectivity index (χ3n) is 2.08. The third kappa shape index (κ3) is 1.35. The zero-order chi connectivity index (χ0) is 9.42. The maximum Gasteiger partial charge on any atom is 0.145 e. The summed E-state index contributed by atoms with van der Waals surface area (Å²) in [4.78, 5) is 0.862. The molecule has 1 aromatic heterocycles. The van der Waals surface area contributed by atoms with Crippen LogP contribution >= 0.6 is 11.3 Å². The first-order valence-corrected chi connectivity index (χ1v) is 5.18. The summed E-state index contributed by atoms with van der Waals surface area (Å²) in [5.74, 6) is 0.244. The van der Waals surface area contributed by atoms with Gasteiger partial charge in [0.2, 0.25) is 0 Å². The van der Waals surface area contributed by atoms with Crippen molar-refractivity contribution >= 4 is 21.4 Å². The van der Waals surface area contributed by atoms with Gasteiger partial charge in [-0.05, 0) is 12.0 Å². The molecule has 0 saturated heterocycles. The zero-order valence-electron chi connectivity index (χ0n) is 7.67. The number of thiophene rings is 1. The molecule has 68 valence electrons. The highest BCUT2D eigenvalue weighted by atomic mass is 32.1. The molecule has 13 heavy (non-hydrogen) atoms. The Morgan fingerprint density at radius 2 is 1.92 bits per heavy atom. The first-order valence-electron chi connectivity index (χ1n) is 4.37. The van der Waals surface area contributed by atoms with Crippen molar-refractivity contribution in [2.75, 3.05) is 0 Å². The minimum absolute atomic E-state index is 0.0319. The topological polar surface area (TPSA) is 0 Å². The molecule has 2 rings (SSSR count). The molecule has 0 radical (unpaired) electrons. The minimum atomic E-state index is -0.0319. The second-order valence-electron chi connectivity index (χ2n) is 3.43. The van der Waals surface area contributed by atoms with Crippen LogP contribution in [0, 0.1) is 5.82 Å². The molecule has 0 aliphatic heterocycles. The monoisotopic (exact) mass is 194 g/mol. The van der Waals surface area contributed by atoms with Crippen LogP contribution in [0.15, 0.2) is 24.3 Å². The summed E-state index contributed by atoms with van der Waals surface area (Å²) in [6, 6.07) is 7.63. The van der Waals surface area contributed by atoms with Gasteiger partial charge in [-0.15, -0.1) is 11.3 Å². The van der Waals surface area contributed by atoms with E-state index in [2.05, 4.69) is 0 Å². The van der Waals surface area contributed by atoms with Crippen LogP contribution < -0.4 is 0 Å². The van der Waals surface area contributed by atoms with E-state index in [0.717, 1.165) is 15.0 Å². The van der Waals surface area contributed by atoms with Crippen LogP contribution in [0.3, 0.4) is 0 Å². The summed E-state index contributed by atoms with van der Waals surface area (Å²) >= 11 is 1.56. The molecule has 0 unspecified atom stereocenters. The molecule has 0 fully saturated rings. The number of benzene rings is 1. The SMILES string of the molecule is CC(C)c1sc2ccccc2c1F. The van der Waals surface area contributed by atoms with Crippen LogP contribution in [-0.4, -0.2) is 0 Å². The van der Waals surface area contributed by atoms with Gasteiger partial charge in [-0.2, -0.15) is 0 Å². The molecule has 0 aliphatic rings. The van der Waals surface area contributed by atoms with Crippen LogP contribution in [0.2, 0.25) is 0 Å². The van der Waals surface area contributed by atoms with Gasteiger partial charge in [-0.3, -0.25) is 0 Å². The van der Waals surface area contributed by atoms with Gasteiger partial charge in [0.15, 0.2) is 0 Å². The molecule has 2 heteroatoms. The minimum Gasteiger partial charge on any atom is -0.205 e. The van der Waals surface area contributed by atoms with Gasteiger partial charge in [0, 0.05) is 15.0 Å². The van der Waals surface area contributed by atoms with E-state index in [-0.39, 0.29) is 11.7 Å². The van der Waals surface area contributed by atoms with E-state index in [1.165, 1.54) is 0 Å². The van der Waals surface area contributed by atoms with Crippen LogP contribution in [0.1, 0.15) is 24.6 Å². The van der Waals surface area contributed by atoms with Crippen molar-refractivity contribution in [3.63, 3.8) is 0 Å². The van der Waals surface area contributed by atoms with Crippen molar-refractivity contribution in [1.82, 2.24) is 0 Å². The van der Waals surface area contributed by atoms with E-state index in [4.69, 9.17) is 0 Å². The fourth-order valence-electron chi connectivity index (χ4n) is 1.40. The highest BCUT2D eigenvalue weighted by Gasteiger charge is 2.13. The number of hydrogen-bond acceptors (Lipinski definition) is 1. The molecule has 1 heterocycles. The van der Waals surface area contributed by atoms with Crippen molar-refractivity contribution in [2.45, 2.75) is 19.8 Å². The molecule has 0 spiro atoms. The number of hydrogen-bond donors (Lipinski definition) is 0. The van der Waals surface area contributed by atoms with E-state index < -0.39 is 0 Å². The molecular formula is C11H11FS. The molecule has 0 amide bonds. The Labute approximate surface area is 81.0 Å². The fraction of sp³-hybridized carbons (Fsp3) is 0.273. The Hall–Kier alpha value is -0.890. The summed E-state index contributed by atoms with van der Waals surface area (Å²) in [6.45, 7) is 4.04. The lowest BCUT2D eigenvalue weighted by molar-refractivity contribution is 0.619. The van der Waals surface area contributed by atoms with Gasteiger partial charge < -0.3 is 0 Å². The second kappa shape index (κ2) is 3.11. The molecule has 0 nitrogen and oxygen atoms in total. The lowest BCUT2D eigenvalue weighted by Crippen LogP contribution is -1.84. The summed E-state index contributed by atoms with van der Waals surface area (Å²) in [6.07, 6.45) is 0. The van der Waals surface area contributed by atoms with Gasteiger partial charge in [0.25, 0.3) is 0 Å². The lowest BCUT2D eigenvalue weighted by Gasteiger charge is -1.98. The van der Waals surface area contributed by atoms with E-state index in [0.29, 0.717) is 0 Å². The molecule has 2 aromatic rings. The molecule has 0 atom stereocenters. The average Bonchev–Trinajstić information content (AvgIpc) is 2.45. The van der Waals surface area contributed by atoms with Gasteiger partial charge >= 0.3 is 0 Å². The van der Waals surface area contributed by atoms with Crippen molar-refractivity contribution in [1.29, 1.82) is 0 Å². The summed E-state index contributed by atoms with van der Waals surface area (Å²) in [7, 11) is 0. The standard InChI is InChI=1S/C11H11FS/c1-7(2)11-10(12)8-5-3-4-6-9(8)13-11/h3-7H,1-2H3. The largest absolute Gasteiger partial charge is 0.205 e. The molecule has 1 aromatic carbocycles. The van der Waals surface area contributed by atoms with Gasteiger partial charge in [-0.1, -0.05) is 32.0 Å². The van der Waals surface area contributed by atoms with Gasteiger partial charge in [-0.25, -0.2) is 4.39 Å². The third-order valence-corrected chi connectivity index (χ3v) is 3.53. The van der Waals surface area contributed by atoms with Crippen LogP contribution in [0.4, 0.5) is 4.39 Å². The highest BCUT2D eigenvalue weighted by Crippen LogP contribution is 2.34. The number of fused-ring (bicyclic) bond motifs is 1. The van der Waals surface area contributed by atoms with Crippen molar-refractivity contribution in [2.24, 2.45) is 0 Å². The highest BCUT2D eigenvalue weighted by molar-refractivity contribution is 7.19. The average molecular weight is 194 g/mol. The quantitative estimate of drug-likeness (QED) is 0.639.